The van der Waals surface area contributed by atoms with Gasteiger partial charge in [-0.15, -0.1) is 0 Å². The lowest BCUT2D eigenvalue weighted by Crippen LogP contribution is -2.41. The number of halogens is 2. The lowest BCUT2D eigenvalue weighted by Gasteiger charge is -2.32. The molecule has 1 saturated heterocycles. The molecular weight excluding hydrogens is 265 g/mol. The zero-order valence-corrected chi connectivity index (χ0v) is 12.2. The summed E-state index contributed by atoms with van der Waals surface area (Å²) in [4.78, 5) is 11.4. The Morgan fingerprint density at radius 3 is 2.05 bits per heavy atom. The van der Waals surface area contributed by atoms with Crippen molar-refractivity contribution < 1.29 is 22.9 Å². The average molecular weight is 282 g/mol. The fourth-order valence-corrected chi connectivity index (χ4v) is 2.02. The molecule has 0 aliphatic carbocycles. The quantitative estimate of drug-likeness (QED) is 0.617. The first-order valence-corrected chi connectivity index (χ1v) is 6.41. The van der Waals surface area contributed by atoms with E-state index in [1.54, 1.807) is 27.7 Å². The van der Waals surface area contributed by atoms with Crippen LogP contribution in [0.1, 0.15) is 45.0 Å². The molecular formula is C14H17BF2O3. The molecule has 0 bridgehead atoms. The van der Waals surface area contributed by atoms with Gasteiger partial charge in [-0.25, -0.2) is 8.78 Å². The molecule has 1 aromatic rings. The van der Waals surface area contributed by atoms with E-state index in [-0.39, 0.29) is 11.0 Å². The van der Waals surface area contributed by atoms with E-state index in [0.717, 1.165) is 12.1 Å². The second-order valence-corrected chi connectivity index (χ2v) is 5.97. The van der Waals surface area contributed by atoms with E-state index >= 15 is 0 Å². The Labute approximate surface area is 117 Å². The molecule has 0 atom stereocenters. The lowest BCUT2D eigenvalue weighted by molar-refractivity contribution is 0.00578. The molecule has 0 saturated carbocycles. The van der Waals surface area contributed by atoms with Gasteiger partial charge in [-0.05, 0) is 46.8 Å². The average Bonchev–Trinajstić information content (AvgIpc) is 2.47. The van der Waals surface area contributed by atoms with Crippen LogP contribution in [0.2, 0.25) is 0 Å². The summed E-state index contributed by atoms with van der Waals surface area (Å²) < 4.78 is 39.5. The van der Waals surface area contributed by atoms with Crippen LogP contribution >= 0.6 is 0 Å². The second-order valence-electron chi connectivity index (χ2n) is 5.97. The standard InChI is InChI=1S/C14H17BF2O3/c1-8(18)9-6-7-10(16)11(12(9)17)15-19-13(2,3)14(4,5)20-15/h6-7H,1-5H3. The number of carbonyl (C=O) groups is 1. The third kappa shape index (κ3) is 2.27. The van der Waals surface area contributed by atoms with E-state index in [1.165, 1.54) is 6.92 Å². The normalized spacial score (nSPS) is 20.2. The molecule has 1 aliphatic rings. The van der Waals surface area contributed by atoms with Crippen LogP contribution in [0.4, 0.5) is 8.78 Å². The summed E-state index contributed by atoms with van der Waals surface area (Å²) in [6, 6.07) is 2.18. The minimum atomic E-state index is -1.17. The topological polar surface area (TPSA) is 35.5 Å². The van der Waals surface area contributed by atoms with Crippen molar-refractivity contribution in [3.63, 3.8) is 0 Å². The zero-order valence-electron chi connectivity index (χ0n) is 12.2. The number of hydrogen-bond donors (Lipinski definition) is 0. The first-order valence-electron chi connectivity index (χ1n) is 6.41. The molecule has 1 heterocycles. The highest BCUT2D eigenvalue weighted by atomic mass is 19.1. The molecule has 0 spiro atoms. The molecule has 1 fully saturated rings. The predicted octanol–water partition coefficient (Wildman–Crippen LogP) is 2.47. The van der Waals surface area contributed by atoms with Gasteiger partial charge in [-0.3, -0.25) is 4.79 Å². The van der Waals surface area contributed by atoms with E-state index in [9.17, 15) is 13.6 Å². The number of benzene rings is 1. The van der Waals surface area contributed by atoms with Gasteiger partial charge in [0.15, 0.2) is 5.78 Å². The smallest absolute Gasteiger partial charge is 0.399 e. The molecule has 0 N–H and O–H groups in total. The van der Waals surface area contributed by atoms with Crippen LogP contribution in [-0.2, 0) is 9.31 Å². The number of hydrogen-bond acceptors (Lipinski definition) is 3. The van der Waals surface area contributed by atoms with E-state index < -0.39 is 35.7 Å². The molecule has 0 aromatic heterocycles. The molecule has 3 nitrogen and oxygen atoms in total. The Hall–Kier alpha value is -1.27. The third-order valence-corrected chi connectivity index (χ3v) is 3.99. The number of Topliss-reactive ketones (excluding diaryl/α,β-unsaturated/α-hetero) is 1. The SMILES string of the molecule is CC(=O)c1ccc(F)c(B2OC(C)(C)C(C)(C)O2)c1F. The number of rotatable bonds is 2. The molecule has 6 heteroatoms. The summed E-state index contributed by atoms with van der Waals surface area (Å²) >= 11 is 0. The van der Waals surface area contributed by atoms with E-state index in [1.807, 2.05) is 0 Å². The highest BCUT2D eigenvalue weighted by molar-refractivity contribution is 6.62. The Morgan fingerprint density at radius 1 is 1.10 bits per heavy atom. The maximum Gasteiger partial charge on any atom is 0.500 e. The van der Waals surface area contributed by atoms with Gasteiger partial charge in [0.05, 0.1) is 22.2 Å². The van der Waals surface area contributed by atoms with Crippen LogP contribution in [-0.4, -0.2) is 24.1 Å². The molecule has 20 heavy (non-hydrogen) atoms. The van der Waals surface area contributed by atoms with Crippen molar-refractivity contribution >= 4 is 18.4 Å². The van der Waals surface area contributed by atoms with Crippen molar-refractivity contribution in [3.8, 4) is 0 Å². The van der Waals surface area contributed by atoms with Crippen molar-refractivity contribution in [1.29, 1.82) is 0 Å². The maximum atomic E-state index is 14.3. The number of ketones is 1. The van der Waals surface area contributed by atoms with Crippen molar-refractivity contribution in [2.24, 2.45) is 0 Å². The Balaban J connectivity index is 2.50. The molecule has 0 radical (unpaired) electrons. The van der Waals surface area contributed by atoms with Crippen LogP contribution in [0.15, 0.2) is 12.1 Å². The molecule has 2 rings (SSSR count). The molecule has 0 unspecified atom stereocenters. The lowest BCUT2D eigenvalue weighted by atomic mass is 9.77. The molecule has 0 amide bonds. The van der Waals surface area contributed by atoms with Crippen LogP contribution in [0.5, 0.6) is 0 Å². The Bertz CT molecular complexity index is 554. The largest absolute Gasteiger partial charge is 0.500 e. The van der Waals surface area contributed by atoms with Crippen molar-refractivity contribution in [2.45, 2.75) is 45.8 Å². The summed E-state index contributed by atoms with van der Waals surface area (Å²) in [7, 11) is -1.17. The predicted molar refractivity (Wildman–Crippen MR) is 72.1 cm³/mol. The highest BCUT2D eigenvalue weighted by Crippen LogP contribution is 2.37. The van der Waals surface area contributed by atoms with Gasteiger partial charge in [-0.1, -0.05) is 0 Å². The van der Waals surface area contributed by atoms with Gasteiger partial charge in [-0.2, -0.15) is 0 Å². The van der Waals surface area contributed by atoms with E-state index in [4.69, 9.17) is 9.31 Å². The van der Waals surface area contributed by atoms with Gasteiger partial charge in [0.2, 0.25) is 0 Å². The highest BCUT2D eigenvalue weighted by Gasteiger charge is 2.53. The monoisotopic (exact) mass is 282 g/mol. The third-order valence-electron chi connectivity index (χ3n) is 3.99. The van der Waals surface area contributed by atoms with Gasteiger partial charge in [0.25, 0.3) is 0 Å². The van der Waals surface area contributed by atoms with E-state index in [2.05, 4.69) is 0 Å². The molecule has 1 aromatic carbocycles. The summed E-state index contributed by atoms with van der Waals surface area (Å²) in [6.45, 7) is 8.38. The minimum absolute atomic E-state index is 0.170. The number of carbonyl (C=O) groups excluding carboxylic acids is 1. The van der Waals surface area contributed by atoms with Crippen molar-refractivity contribution in [1.82, 2.24) is 0 Å². The van der Waals surface area contributed by atoms with Gasteiger partial charge >= 0.3 is 7.12 Å². The summed E-state index contributed by atoms with van der Waals surface area (Å²) in [6.07, 6.45) is 0. The summed E-state index contributed by atoms with van der Waals surface area (Å²) in [5.41, 5.74) is -1.93. The van der Waals surface area contributed by atoms with Crippen LogP contribution in [0.3, 0.4) is 0 Å². The van der Waals surface area contributed by atoms with Crippen LogP contribution in [0, 0.1) is 11.6 Å². The maximum absolute atomic E-state index is 14.3. The summed E-state index contributed by atoms with van der Waals surface area (Å²) in [5, 5.41) is 0. The van der Waals surface area contributed by atoms with Crippen molar-refractivity contribution in [3.05, 3.63) is 29.3 Å². The molecule has 1 aliphatic heterocycles. The first kappa shape index (κ1) is 15.1. The Morgan fingerprint density at radius 2 is 1.60 bits per heavy atom. The minimum Gasteiger partial charge on any atom is -0.399 e. The Kier molecular flexibility index (Phi) is 3.51. The van der Waals surface area contributed by atoms with E-state index in [0.29, 0.717) is 0 Å². The van der Waals surface area contributed by atoms with Crippen LogP contribution < -0.4 is 5.46 Å². The van der Waals surface area contributed by atoms with Crippen molar-refractivity contribution in [2.75, 3.05) is 0 Å². The van der Waals surface area contributed by atoms with Crippen LogP contribution in [0.25, 0.3) is 0 Å². The molecule has 108 valence electrons. The fourth-order valence-electron chi connectivity index (χ4n) is 2.02. The van der Waals surface area contributed by atoms with Gasteiger partial charge in [0.1, 0.15) is 11.6 Å². The summed E-state index contributed by atoms with van der Waals surface area (Å²) in [5.74, 6) is -2.18. The second kappa shape index (κ2) is 4.64. The fraction of sp³-hybridized carbons (Fsp3) is 0.500. The van der Waals surface area contributed by atoms with Gasteiger partial charge < -0.3 is 9.31 Å². The first-order chi connectivity index (χ1) is 9.07. The van der Waals surface area contributed by atoms with Gasteiger partial charge in [0, 0.05) is 0 Å². The zero-order chi connectivity index (χ0) is 15.3.